The highest BCUT2D eigenvalue weighted by Gasteiger charge is 2.05. The van der Waals surface area contributed by atoms with E-state index in [2.05, 4.69) is 10.3 Å². The molecule has 0 radical (unpaired) electrons. The molecule has 0 aliphatic rings. The van der Waals surface area contributed by atoms with Gasteiger partial charge in [-0.05, 0) is 43.2 Å². The normalized spacial score (nSPS) is 10.4. The van der Waals surface area contributed by atoms with Crippen molar-refractivity contribution in [2.75, 3.05) is 5.32 Å². The Labute approximate surface area is 151 Å². The average molecular weight is 352 g/mol. The molecule has 1 aromatic heterocycles. The van der Waals surface area contributed by atoms with Gasteiger partial charge in [0.1, 0.15) is 12.4 Å². The molecule has 3 rings (SSSR count). The number of carbonyl (C=O) groups excluding carboxylic acids is 1. The molecule has 1 heterocycles. The quantitative estimate of drug-likeness (QED) is 0.676. The molecule has 0 atom stereocenters. The van der Waals surface area contributed by atoms with E-state index in [9.17, 15) is 4.79 Å². The minimum atomic E-state index is -0.0105. The molecule has 5 heteroatoms. The zero-order valence-electron chi connectivity index (χ0n) is 14.1. The number of nitrogens with zero attached hydrogens (tertiary/aromatic N) is 1. The second-order valence-corrected chi connectivity index (χ2v) is 6.77. The van der Waals surface area contributed by atoms with Crippen molar-refractivity contribution in [1.29, 1.82) is 0 Å². The summed E-state index contributed by atoms with van der Waals surface area (Å²) in [6.45, 7) is 2.50. The number of amides is 1. The Morgan fingerprint density at radius 1 is 1.12 bits per heavy atom. The van der Waals surface area contributed by atoms with Crippen molar-refractivity contribution in [3.05, 3.63) is 76.2 Å². The second kappa shape index (κ2) is 8.44. The number of carbonyl (C=O) groups is 1. The van der Waals surface area contributed by atoms with Gasteiger partial charge in [-0.3, -0.25) is 4.79 Å². The van der Waals surface area contributed by atoms with Gasteiger partial charge in [0, 0.05) is 17.5 Å². The van der Waals surface area contributed by atoms with E-state index in [1.807, 2.05) is 66.9 Å². The van der Waals surface area contributed by atoms with Gasteiger partial charge in [-0.2, -0.15) is 0 Å². The van der Waals surface area contributed by atoms with Gasteiger partial charge >= 0.3 is 0 Å². The number of hydrogen-bond donors (Lipinski definition) is 1. The summed E-state index contributed by atoms with van der Waals surface area (Å²) in [7, 11) is 0. The zero-order valence-corrected chi connectivity index (χ0v) is 14.9. The first-order valence-electron chi connectivity index (χ1n) is 8.17. The van der Waals surface area contributed by atoms with Crippen molar-refractivity contribution in [2.45, 2.75) is 26.4 Å². The van der Waals surface area contributed by atoms with Crippen molar-refractivity contribution in [2.24, 2.45) is 0 Å². The maximum Gasteiger partial charge on any atom is 0.224 e. The molecule has 0 fully saturated rings. The van der Waals surface area contributed by atoms with E-state index < -0.39 is 0 Å². The monoisotopic (exact) mass is 352 g/mol. The van der Waals surface area contributed by atoms with Crippen LogP contribution in [-0.2, 0) is 17.8 Å². The fraction of sp³-hybridized carbons (Fsp3) is 0.200. The average Bonchev–Trinajstić information content (AvgIpc) is 3.06. The molecule has 1 N–H and O–H groups in total. The van der Waals surface area contributed by atoms with Crippen LogP contribution in [-0.4, -0.2) is 10.9 Å². The summed E-state index contributed by atoms with van der Waals surface area (Å²) in [5, 5.41) is 5.93. The molecule has 0 saturated carbocycles. The van der Waals surface area contributed by atoms with Gasteiger partial charge in [0.15, 0.2) is 0 Å². The predicted molar refractivity (Wildman–Crippen MR) is 101 cm³/mol. The SMILES string of the molecule is Cc1nc(CCC(=O)Nc2ccc(OCc3ccccc3)cc2)cs1. The van der Waals surface area contributed by atoms with Gasteiger partial charge in [-0.1, -0.05) is 30.3 Å². The smallest absolute Gasteiger partial charge is 0.224 e. The maximum atomic E-state index is 12.0. The lowest BCUT2D eigenvalue weighted by Gasteiger charge is -2.08. The van der Waals surface area contributed by atoms with Crippen LogP contribution in [0.1, 0.15) is 22.7 Å². The molecule has 0 aliphatic carbocycles. The van der Waals surface area contributed by atoms with Crippen LogP contribution in [0.25, 0.3) is 0 Å². The van der Waals surface area contributed by atoms with Crippen LogP contribution in [0.5, 0.6) is 5.75 Å². The molecule has 0 aliphatic heterocycles. The molecule has 0 unspecified atom stereocenters. The Balaban J connectivity index is 1.46. The second-order valence-electron chi connectivity index (χ2n) is 5.70. The molecule has 128 valence electrons. The van der Waals surface area contributed by atoms with Crippen molar-refractivity contribution in [1.82, 2.24) is 4.98 Å². The number of rotatable bonds is 7. The lowest BCUT2D eigenvalue weighted by Crippen LogP contribution is -2.12. The number of hydrogen-bond acceptors (Lipinski definition) is 4. The topological polar surface area (TPSA) is 51.2 Å². The van der Waals surface area contributed by atoms with E-state index in [1.165, 1.54) is 0 Å². The summed E-state index contributed by atoms with van der Waals surface area (Å²) in [4.78, 5) is 16.4. The summed E-state index contributed by atoms with van der Waals surface area (Å²) < 4.78 is 5.74. The number of aromatic nitrogens is 1. The Kier molecular flexibility index (Phi) is 5.80. The van der Waals surface area contributed by atoms with E-state index >= 15 is 0 Å². The number of benzene rings is 2. The minimum Gasteiger partial charge on any atom is -0.489 e. The molecule has 1 amide bonds. The third-order valence-corrected chi connectivity index (χ3v) is 4.48. The van der Waals surface area contributed by atoms with Crippen molar-refractivity contribution in [3.63, 3.8) is 0 Å². The fourth-order valence-corrected chi connectivity index (χ4v) is 3.01. The molecule has 2 aromatic carbocycles. The van der Waals surface area contributed by atoms with Crippen LogP contribution >= 0.6 is 11.3 Å². The van der Waals surface area contributed by atoms with Gasteiger partial charge in [0.2, 0.25) is 5.91 Å². The van der Waals surface area contributed by atoms with Crippen molar-refractivity contribution < 1.29 is 9.53 Å². The Bertz CT molecular complexity index is 813. The van der Waals surface area contributed by atoms with Gasteiger partial charge in [-0.15, -0.1) is 11.3 Å². The summed E-state index contributed by atoms with van der Waals surface area (Å²) in [6, 6.07) is 17.4. The summed E-state index contributed by atoms with van der Waals surface area (Å²) in [5.41, 5.74) is 2.87. The molecule has 0 spiro atoms. The minimum absolute atomic E-state index is 0.0105. The third-order valence-electron chi connectivity index (χ3n) is 3.66. The highest BCUT2D eigenvalue weighted by molar-refractivity contribution is 7.09. The highest BCUT2D eigenvalue weighted by atomic mass is 32.1. The first-order valence-corrected chi connectivity index (χ1v) is 9.05. The van der Waals surface area contributed by atoms with Crippen LogP contribution in [0.3, 0.4) is 0 Å². The van der Waals surface area contributed by atoms with Gasteiger partial charge in [-0.25, -0.2) is 4.98 Å². The summed E-state index contributed by atoms with van der Waals surface area (Å²) in [6.07, 6.45) is 1.09. The fourth-order valence-electron chi connectivity index (χ4n) is 2.36. The van der Waals surface area contributed by atoms with E-state index in [0.29, 0.717) is 19.4 Å². The van der Waals surface area contributed by atoms with Crippen molar-refractivity contribution in [3.8, 4) is 5.75 Å². The Morgan fingerprint density at radius 2 is 1.88 bits per heavy atom. The number of thiazole rings is 1. The first-order chi connectivity index (χ1) is 12.2. The Hall–Kier alpha value is -2.66. The highest BCUT2D eigenvalue weighted by Crippen LogP contribution is 2.17. The first kappa shape index (κ1) is 17.2. The van der Waals surface area contributed by atoms with Crippen LogP contribution in [0.15, 0.2) is 60.0 Å². The summed E-state index contributed by atoms with van der Waals surface area (Å²) >= 11 is 1.61. The Morgan fingerprint density at radius 3 is 2.56 bits per heavy atom. The van der Waals surface area contributed by atoms with Crippen LogP contribution in [0.2, 0.25) is 0 Å². The molecular weight excluding hydrogens is 332 g/mol. The van der Waals surface area contributed by atoms with Crippen LogP contribution < -0.4 is 10.1 Å². The largest absolute Gasteiger partial charge is 0.489 e. The van der Waals surface area contributed by atoms with Gasteiger partial charge in [0.25, 0.3) is 0 Å². The van der Waals surface area contributed by atoms with E-state index in [1.54, 1.807) is 11.3 Å². The molecule has 0 bridgehead atoms. The van der Waals surface area contributed by atoms with Gasteiger partial charge in [0.05, 0.1) is 10.7 Å². The van der Waals surface area contributed by atoms with E-state index in [-0.39, 0.29) is 5.91 Å². The molecule has 25 heavy (non-hydrogen) atoms. The summed E-state index contributed by atoms with van der Waals surface area (Å²) in [5.74, 6) is 0.767. The number of nitrogens with one attached hydrogen (secondary N) is 1. The molecule has 3 aromatic rings. The van der Waals surface area contributed by atoms with E-state index in [0.717, 1.165) is 27.7 Å². The molecule has 0 saturated heterocycles. The zero-order chi connectivity index (χ0) is 17.5. The number of aryl methyl sites for hydroxylation is 2. The predicted octanol–water partition coefficient (Wildman–Crippen LogP) is 4.60. The van der Waals surface area contributed by atoms with Crippen molar-refractivity contribution >= 4 is 22.9 Å². The lowest BCUT2D eigenvalue weighted by molar-refractivity contribution is -0.116. The number of ether oxygens (including phenoxy) is 1. The molecular formula is C20H20N2O2S. The van der Waals surface area contributed by atoms with Gasteiger partial charge < -0.3 is 10.1 Å². The third kappa shape index (κ3) is 5.43. The van der Waals surface area contributed by atoms with Crippen LogP contribution in [0.4, 0.5) is 5.69 Å². The lowest BCUT2D eigenvalue weighted by atomic mass is 10.2. The standard InChI is InChI=1S/C20H20N2O2S/c1-15-21-18(14-25-15)9-12-20(23)22-17-7-10-19(11-8-17)24-13-16-5-3-2-4-6-16/h2-8,10-11,14H,9,12-13H2,1H3,(H,22,23). The van der Waals surface area contributed by atoms with E-state index in [4.69, 9.17) is 4.74 Å². The number of anilines is 1. The molecule has 4 nitrogen and oxygen atoms in total. The maximum absolute atomic E-state index is 12.0. The van der Waals surface area contributed by atoms with Crippen LogP contribution in [0, 0.1) is 6.92 Å².